The van der Waals surface area contributed by atoms with Gasteiger partial charge in [-0.1, -0.05) is 0 Å². The van der Waals surface area contributed by atoms with Crippen molar-refractivity contribution < 1.29 is 32.3 Å². The minimum atomic E-state index is -4.72. The number of alkyl halides is 3. The Hall–Kier alpha value is -2.91. The number of aryl methyl sites for hydroxylation is 1. The van der Waals surface area contributed by atoms with E-state index >= 15 is 0 Å². The summed E-state index contributed by atoms with van der Waals surface area (Å²) in [5, 5.41) is 13.3. The number of aromatic nitrogens is 2. The molecule has 1 aromatic carbocycles. The average molecular weight is 399 g/mol. The molecule has 1 aliphatic heterocycles. The molecule has 3 rings (SSSR count). The number of carbonyl (C=O) groups is 2. The van der Waals surface area contributed by atoms with Crippen molar-refractivity contribution in [2.75, 3.05) is 13.1 Å². The fraction of sp³-hybridized carbons (Fsp3) is 0.389. The SMILES string of the molecule is Cc1nn(-c2ccc(F)cc2)c(C)c1C(=O)N1C[C@@H](C(F)(F)F)[C@H](C(=O)O)C1. The number of likely N-dealkylation sites (tertiary alicyclic amines) is 1. The minimum absolute atomic E-state index is 0.108. The van der Waals surface area contributed by atoms with Gasteiger partial charge in [0.2, 0.25) is 0 Å². The Morgan fingerprint density at radius 1 is 1.14 bits per heavy atom. The van der Waals surface area contributed by atoms with Crippen LogP contribution < -0.4 is 0 Å². The molecule has 2 aromatic rings. The van der Waals surface area contributed by atoms with Gasteiger partial charge in [0.25, 0.3) is 5.91 Å². The maximum absolute atomic E-state index is 13.2. The monoisotopic (exact) mass is 399 g/mol. The summed E-state index contributed by atoms with van der Waals surface area (Å²) in [7, 11) is 0. The van der Waals surface area contributed by atoms with Crippen molar-refractivity contribution in [3.63, 3.8) is 0 Å². The molecule has 0 spiro atoms. The van der Waals surface area contributed by atoms with Crippen LogP contribution in [0.5, 0.6) is 0 Å². The normalized spacial score (nSPS) is 19.9. The largest absolute Gasteiger partial charge is 0.481 e. The quantitative estimate of drug-likeness (QED) is 0.806. The van der Waals surface area contributed by atoms with Crippen molar-refractivity contribution in [3.8, 4) is 5.69 Å². The molecular weight excluding hydrogens is 382 g/mol. The predicted molar refractivity (Wildman–Crippen MR) is 89.6 cm³/mol. The van der Waals surface area contributed by atoms with E-state index in [-0.39, 0.29) is 11.3 Å². The van der Waals surface area contributed by atoms with Crippen molar-refractivity contribution >= 4 is 11.9 Å². The highest BCUT2D eigenvalue weighted by atomic mass is 19.4. The van der Waals surface area contributed by atoms with Crippen LogP contribution >= 0.6 is 0 Å². The van der Waals surface area contributed by atoms with Crippen molar-refractivity contribution in [1.82, 2.24) is 14.7 Å². The molecule has 1 saturated heterocycles. The summed E-state index contributed by atoms with van der Waals surface area (Å²) in [4.78, 5) is 25.0. The molecule has 0 saturated carbocycles. The molecule has 1 N–H and O–H groups in total. The van der Waals surface area contributed by atoms with E-state index in [0.717, 1.165) is 4.90 Å². The lowest BCUT2D eigenvalue weighted by atomic mass is 9.96. The first-order valence-electron chi connectivity index (χ1n) is 8.41. The Morgan fingerprint density at radius 2 is 1.75 bits per heavy atom. The van der Waals surface area contributed by atoms with Crippen LogP contribution in [0.4, 0.5) is 17.6 Å². The summed E-state index contributed by atoms with van der Waals surface area (Å²) in [6.45, 7) is 1.85. The van der Waals surface area contributed by atoms with E-state index in [1.807, 2.05) is 0 Å². The molecule has 1 amide bonds. The van der Waals surface area contributed by atoms with Crippen LogP contribution in [0, 0.1) is 31.5 Å². The second-order valence-electron chi connectivity index (χ2n) is 6.74. The highest BCUT2D eigenvalue weighted by molar-refractivity contribution is 5.97. The molecule has 0 bridgehead atoms. The zero-order valence-corrected chi connectivity index (χ0v) is 15.0. The third-order valence-electron chi connectivity index (χ3n) is 4.92. The van der Waals surface area contributed by atoms with E-state index in [1.165, 1.54) is 35.9 Å². The third-order valence-corrected chi connectivity index (χ3v) is 4.92. The first-order chi connectivity index (χ1) is 13.0. The summed E-state index contributed by atoms with van der Waals surface area (Å²) >= 11 is 0. The van der Waals surface area contributed by atoms with Crippen LogP contribution in [-0.2, 0) is 4.79 Å². The maximum atomic E-state index is 13.2. The first-order valence-corrected chi connectivity index (χ1v) is 8.41. The van der Waals surface area contributed by atoms with E-state index in [9.17, 15) is 27.2 Å². The van der Waals surface area contributed by atoms with Crippen molar-refractivity contribution in [3.05, 3.63) is 47.0 Å². The number of carboxylic acids is 1. The van der Waals surface area contributed by atoms with Crippen LogP contribution in [0.3, 0.4) is 0 Å². The molecule has 150 valence electrons. The zero-order chi connectivity index (χ0) is 20.8. The molecule has 2 atom stereocenters. The number of carboxylic acid groups (broad SMARTS) is 1. The number of rotatable bonds is 3. The number of nitrogens with zero attached hydrogens (tertiary/aromatic N) is 3. The fourth-order valence-electron chi connectivity index (χ4n) is 3.50. The molecule has 10 heteroatoms. The molecule has 6 nitrogen and oxygen atoms in total. The zero-order valence-electron chi connectivity index (χ0n) is 15.0. The van der Waals surface area contributed by atoms with Crippen LogP contribution in [0.1, 0.15) is 21.7 Å². The smallest absolute Gasteiger partial charge is 0.394 e. The van der Waals surface area contributed by atoms with Crippen LogP contribution in [0.15, 0.2) is 24.3 Å². The Balaban J connectivity index is 1.93. The lowest BCUT2D eigenvalue weighted by Crippen LogP contribution is -2.34. The number of carbonyl (C=O) groups excluding carboxylic acids is 1. The van der Waals surface area contributed by atoms with E-state index in [2.05, 4.69) is 5.10 Å². The van der Waals surface area contributed by atoms with Gasteiger partial charge in [0.05, 0.1) is 34.5 Å². The van der Waals surface area contributed by atoms with Crippen LogP contribution in [-0.4, -0.2) is 50.9 Å². The summed E-state index contributed by atoms with van der Waals surface area (Å²) in [5.74, 6) is -6.58. The lowest BCUT2D eigenvalue weighted by Gasteiger charge is -2.18. The van der Waals surface area contributed by atoms with Crippen molar-refractivity contribution in [1.29, 1.82) is 0 Å². The number of aliphatic carboxylic acids is 1. The predicted octanol–water partition coefficient (Wildman–Crippen LogP) is 2.96. The van der Waals surface area contributed by atoms with Gasteiger partial charge >= 0.3 is 12.1 Å². The van der Waals surface area contributed by atoms with E-state index in [4.69, 9.17) is 5.11 Å². The van der Waals surface area contributed by atoms with Gasteiger partial charge in [-0.15, -0.1) is 0 Å². The Labute approximate surface area is 157 Å². The molecular formula is C18H17F4N3O3. The third kappa shape index (κ3) is 3.46. The Morgan fingerprint density at radius 3 is 2.25 bits per heavy atom. The highest BCUT2D eigenvalue weighted by Crippen LogP contribution is 2.38. The number of halogens is 4. The lowest BCUT2D eigenvalue weighted by molar-refractivity contribution is -0.187. The standard InChI is InChI=1S/C18H17F4N3O3/c1-9-15(10(2)25(23-9)12-5-3-11(19)4-6-12)16(26)24-7-13(17(27)28)14(8-24)18(20,21)22/h3-6,13-14H,7-8H2,1-2H3,(H,27,28)/t13-,14-/m1/s1. The van der Waals surface area contributed by atoms with Gasteiger partial charge < -0.3 is 10.0 Å². The molecule has 28 heavy (non-hydrogen) atoms. The van der Waals surface area contributed by atoms with Crippen molar-refractivity contribution in [2.45, 2.75) is 20.0 Å². The first kappa shape index (κ1) is 19.8. The van der Waals surface area contributed by atoms with E-state index in [1.54, 1.807) is 6.92 Å². The number of hydrogen-bond acceptors (Lipinski definition) is 3. The van der Waals surface area contributed by atoms with Gasteiger partial charge in [0.1, 0.15) is 5.82 Å². The molecule has 2 heterocycles. The van der Waals surface area contributed by atoms with Crippen LogP contribution in [0.25, 0.3) is 5.69 Å². The average Bonchev–Trinajstić information content (AvgIpc) is 3.17. The molecule has 1 fully saturated rings. The van der Waals surface area contributed by atoms with Crippen LogP contribution in [0.2, 0.25) is 0 Å². The molecule has 0 aliphatic carbocycles. The second-order valence-corrected chi connectivity index (χ2v) is 6.74. The topological polar surface area (TPSA) is 75.4 Å². The summed E-state index contributed by atoms with van der Waals surface area (Å²) in [6, 6.07) is 5.36. The highest BCUT2D eigenvalue weighted by Gasteiger charge is 2.53. The summed E-state index contributed by atoms with van der Waals surface area (Å²) in [5.41, 5.74) is 1.25. The molecule has 0 radical (unpaired) electrons. The molecule has 1 aliphatic rings. The molecule has 0 unspecified atom stereocenters. The maximum Gasteiger partial charge on any atom is 0.394 e. The summed E-state index contributed by atoms with van der Waals surface area (Å²) < 4.78 is 54.1. The summed E-state index contributed by atoms with van der Waals surface area (Å²) in [6.07, 6.45) is -4.72. The minimum Gasteiger partial charge on any atom is -0.481 e. The van der Waals surface area contributed by atoms with Gasteiger partial charge in [0, 0.05) is 13.1 Å². The van der Waals surface area contributed by atoms with Gasteiger partial charge in [-0.3, -0.25) is 9.59 Å². The molecule has 1 aromatic heterocycles. The number of benzene rings is 1. The Kier molecular flexibility index (Phi) is 4.90. The van der Waals surface area contributed by atoms with Crippen molar-refractivity contribution in [2.24, 2.45) is 11.8 Å². The number of amides is 1. The van der Waals surface area contributed by atoms with E-state index in [0.29, 0.717) is 11.4 Å². The van der Waals surface area contributed by atoms with Gasteiger partial charge in [0.15, 0.2) is 0 Å². The van der Waals surface area contributed by atoms with Gasteiger partial charge in [-0.05, 0) is 38.1 Å². The van der Waals surface area contributed by atoms with Gasteiger partial charge in [-0.25, -0.2) is 9.07 Å². The van der Waals surface area contributed by atoms with Gasteiger partial charge in [-0.2, -0.15) is 18.3 Å². The Bertz CT molecular complexity index is 921. The fourth-order valence-corrected chi connectivity index (χ4v) is 3.50. The van der Waals surface area contributed by atoms with E-state index < -0.39 is 48.8 Å². The number of hydrogen-bond donors (Lipinski definition) is 1. The second kappa shape index (κ2) is 6.92.